The minimum absolute atomic E-state index is 0.134. The van der Waals surface area contributed by atoms with E-state index in [2.05, 4.69) is 20.3 Å². The van der Waals surface area contributed by atoms with Crippen LogP contribution in [0.1, 0.15) is 0 Å². The van der Waals surface area contributed by atoms with E-state index in [1.165, 1.54) is 11.0 Å². The number of fused-ring (bicyclic) bond motifs is 1. The number of hydrogen-bond donors (Lipinski definition) is 2. The molecule has 0 fully saturated rings. The second-order valence-corrected chi connectivity index (χ2v) is 4.94. The predicted molar refractivity (Wildman–Crippen MR) is 83.9 cm³/mol. The van der Waals surface area contributed by atoms with Gasteiger partial charge in [0.15, 0.2) is 17.0 Å². The van der Waals surface area contributed by atoms with Crippen molar-refractivity contribution in [3.8, 4) is 17.1 Å². The smallest absolute Gasteiger partial charge is 0.178 e. The first kappa shape index (κ1) is 13.1. The van der Waals surface area contributed by atoms with Crippen LogP contribution in [0.15, 0.2) is 55.0 Å². The third kappa shape index (κ3) is 2.13. The highest BCUT2D eigenvalue weighted by atomic mass is 15.4. The first-order valence-corrected chi connectivity index (χ1v) is 6.88. The van der Waals surface area contributed by atoms with Gasteiger partial charge >= 0.3 is 0 Å². The van der Waals surface area contributed by atoms with Crippen LogP contribution in [0.4, 0.5) is 0 Å². The summed E-state index contributed by atoms with van der Waals surface area (Å²) >= 11 is 0. The van der Waals surface area contributed by atoms with Crippen LogP contribution in [0.3, 0.4) is 0 Å². The second kappa shape index (κ2) is 5.02. The summed E-state index contributed by atoms with van der Waals surface area (Å²) < 4.78 is 2.67. The number of nitrogens with zero attached hydrogens (tertiary/aromatic N) is 6. The fourth-order valence-electron chi connectivity index (χ4n) is 2.32. The molecule has 8 heteroatoms. The van der Waals surface area contributed by atoms with Crippen LogP contribution in [-0.4, -0.2) is 29.6 Å². The Kier molecular flexibility index (Phi) is 2.87. The van der Waals surface area contributed by atoms with Crippen LogP contribution in [0, 0.1) is 5.41 Å². The average molecular weight is 304 g/mol. The van der Waals surface area contributed by atoms with Crippen molar-refractivity contribution >= 4 is 11.0 Å². The van der Waals surface area contributed by atoms with Crippen LogP contribution in [0.25, 0.3) is 28.1 Å². The molecule has 0 aliphatic heterocycles. The molecule has 0 radical (unpaired) electrons. The van der Waals surface area contributed by atoms with Crippen molar-refractivity contribution in [2.45, 2.75) is 0 Å². The van der Waals surface area contributed by atoms with Gasteiger partial charge in [-0.1, -0.05) is 30.3 Å². The summed E-state index contributed by atoms with van der Waals surface area (Å²) in [5.74, 6) is 6.15. The fourth-order valence-corrected chi connectivity index (χ4v) is 2.32. The van der Waals surface area contributed by atoms with E-state index in [0.717, 1.165) is 15.9 Å². The quantitative estimate of drug-likeness (QED) is 0.534. The molecular weight excluding hydrogens is 292 g/mol. The van der Waals surface area contributed by atoms with E-state index in [0.29, 0.717) is 16.9 Å². The Morgan fingerprint density at radius 3 is 2.57 bits per heavy atom. The van der Waals surface area contributed by atoms with Gasteiger partial charge in [0, 0.05) is 5.56 Å². The molecule has 0 unspecified atom stereocenters. The molecule has 0 aliphatic rings. The maximum Gasteiger partial charge on any atom is 0.178 e. The van der Waals surface area contributed by atoms with Crippen molar-refractivity contribution in [3.63, 3.8) is 0 Å². The Morgan fingerprint density at radius 1 is 1.00 bits per heavy atom. The largest absolute Gasteiger partial charge is 0.336 e. The minimum atomic E-state index is 0.134. The average Bonchev–Trinajstić information content (AvgIpc) is 3.04. The first-order valence-electron chi connectivity index (χ1n) is 6.88. The van der Waals surface area contributed by atoms with E-state index < -0.39 is 0 Å². The highest BCUT2D eigenvalue weighted by Gasteiger charge is 2.10. The molecule has 0 aliphatic carbocycles. The van der Waals surface area contributed by atoms with Crippen LogP contribution < -0.4 is 11.3 Å². The van der Waals surface area contributed by atoms with Crippen LogP contribution >= 0.6 is 0 Å². The van der Waals surface area contributed by atoms with E-state index in [-0.39, 0.29) is 5.49 Å². The monoisotopic (exact) mass is 304 g/mol. The van der Waals surface area contributed by atoms with E-state index in [1.54, 1.807) is 6.20 Å². The maximum atomic E-state index is 7.92. The SMILES string of the molecule is N=c1c2cnn(-c3ccc(-c4ccccc4)nn3)c2ncn1N. The molecule has 1 aromatic carbocycles. The summed E-state index contributed by atoms with van der Waals surface area (Å²) in [5.41, 5.74) is 2.42. The summed E-state index contributed by atoms with van der Waals surface area (Å²) in [6.45, 7) is 0. The summed E-state index contributed by atoms with van der Waals surface area (Å²) in [7, 11) is 0. The van der Waals surface area contributed by atoms with Crippen molar-refractivity contribution in [2.75, 3.05) is 5.84 Å². The molecule has 0 atom stereocenters. The zero-order valence-corrected chi connectivity index (χ0v) is 12.0. The molecule has 0 amide bonds. The molecule has 3 aromatic heterocycles. The second-order valence-electron chi connectivity index (χ2n) is 4.94. The number of aromatic nitrogens is 6. The minimum Gasteiger partial charge on any atom is -0.336 e. The maximum absolute atomic E-state index is 7.92. The number of hydrogen-bond acceptors (Lipinski definition) is 6. The van der Waals surface area contributed by atoms with E-state index in [9.17, 15) is 0 Å². The lowest BCUT2D eigenvalue weighted by molar-refractivity contribution is 0.818. The van der Waals surface area contributed by atoms with Crippen molar-refractivity contribution in [3.05, 3.63) is 60.5 Å². The van der Waals surface area contributed by atoms with Crippen LogP contribution in [0.5, 0.6) is 0 Å². The predicted octanol–water partition coefficient (Wildman–Crippen LogP) is 0.872. The molecule has 0 spiro atoms. The number of nitrogen functional groups attached to an aromatic ring is 1. The van der Waals surface area contributed by atoms with Crippen molar-refractivity contribution < 1.29 is 0 Å². The standard InChI is InChI=1S/C15H12N8/c16-14-11-8-19-23(15(11)18-9-22(14)17)13-7-6-12(20-21-13)10-4-2-1-3-5-10/h1-9,16H,17H2. The fraction of sp³-hybridized carbons (Fsp3) is 0. The van der Waals surface area contributed by atoms with Crippen molar-refractivity contribution in [2.24, 2.45) is 0 Å². The zero-order valence-electron chi connectivity index (χ0n) is 12.0. The lowest BCUT2D eigenvalue weighted by Gasteiger charge is -2.04. The van der Waals surface area contributed by atoms with Gasteiger partial charge < -0.3 is 5.84 Å². The lowest BCUT2D eigenvalue weighted by Crippen LogP contribution is -2.27. The van der Waals surface area contributed by atoms with Gasteiger partial charge in [-0.25, -0.2) is 9.66 Å². The third-order valence-electron chi connectivity index (χ3n) is 3.50. The molecule has 3 heterocycles. The lowest BCUT2D eigenvalue weighted by atomic mass is 10.1. The Balaban J connectivity index is 1.80. The number of nitrogens with one attached hydrogen (secondary N) is 1. The zero-order chi connectivity index (χ0) is 15.8. The molecule has 0 saturated heterocycles. The Bertz CT molecular complexity index is 1030. The Morgan fingerprint density at radius 2 is 1.83 bits per heavy atom. The van der Waals surface area contributed by atoms with Gasteiger partial charge in [-0.3, -0.25) is 5.41 Å². The molecule has 4 aromatic rings. The molecule has 0 saturated carbocycles. The van der Waals surface area contributed by atoms with Gasteiger partial charge in [-0.15, -0.1) is 10.2 Å². The molecule has 4 rings (SSSR count). The molecule has 23 heavy (non-hydrogen) atoms. The van der Waals surface area contributed by atoms with Gasteiger partial charge in [0.2, 0.25) is 0 Å². The van der Waals surface area contributed by atoms with Crippen molar-refractivity contribution in [1.29, 1.82) is 5.41 Å². The van der Waals surface area contributed by atoms with Crippen molar-refractivity contribution in [1.82, 2.24) is 29.6 Å². The summed E-state index contributed by atoms with van der Waals surface area (Å²) in [6, 6.07) is 13.5. The van der Waals surface area contributed by atoms with Gasteiger partial charge in [0.1, 0.15) is 6.33 Å². The van der Waals surface area contributed by atoms with E-state index in [1.807, 2.05) is 42.5 Å². The summed E-state index contributed by atoms with van der Waals surface area (Å²) in [4.78, 5) is 4.21. The van der Waals surface area contributed by atoms with Gasteiger partial charge in [0.25, 0.3) is 0 Å². The molecule has 3 N–H and O–H groups in total. The molecule has 8 nitrogen and oxygen atoms in total. The Labute approximate surface area is 130 Å². The van der Waals surface area contributed by atoms with Gasteiger partial charge in [-0.2, -0.15) is 9.78 Å². The number of rotatable bonds is 2. The normalized spacial score (nSPS) is 11.0. The highest BCUT2D eigenvalue weighted by Crippen LogP contribution is 2.17. The molecular formula is C15H12N8. The highest BCUT2D eigenvalue weighted by molar-refractivity contribution is 5.74. The Hall–Kier alpha value is -3.55. The topological polar surface area (TPSA) is 111 Å². The number of benzene rings is 1. The molecule has 0 bridgehead atoms. The summed E-state index contributed by atoms with van der Waals surface area (Å²) in [6.07, 6.45) is 2.91. The van der Waals surface area contributed by atoms with Gasteiger partial charge in [-0.05, 0) is 12.1 Å². The van der Waals surface area contributed by atoms with Gasteiger partial charge in [0.05, 0.1) is 17.3 Å². The summed E-state index contributed by atoms with van der Waals surface area (Å²) in [5, 5.41) is 21.1. The van der Waals surface area contributed by atoms with E-state index in [4.69, 9.17) is 11.3 Å². The first-order chi connectivity index (χ1) is 11.2. The molecule has 112 valence electrons. The van der Waals surface area contributed by atoms with E-state index >= 15 is 0 Å². The third-order valence-corrected chi connectivity index (χ3v) is 3.50. The van der Waals surface area contributed by atoms with Crippen LogP contribution in [0.2, 0.25) is 0 Å². The number of nitrogens with two attached hydrogens (primary N) is 1. The van der Waals surface area contributed by atoms with Crippen LogP contribution in [-0.2, 0) is 0 Å².